The van der Waals surface area contributed by atoms with Crippen LogP contribution in [0.4, 0.5) is 15.8 Å². The summed E-state index contributed by atoms with van der Waals surface area (Å²) in [5.74, 6) is -0.768. The van der Waals surface area contributed by atoms with Crippen LogP contribution in [0.5, 0.6) is 11.5 Å². The third-order valence-electron chi connectivity index (χ3n) is 4.59. The number of hydrogen-bond donors (Lipinski definition) is 1. The Morgan fingerprint density at radius 3 is 2.34 bits per heavy atom. The molecule has 10 heteroatoms. The first-order valence-electron chi connectivity index (χ1n) is 8.34. The maximum atomic E-state index is 13.3. The smallest absolute Gasteiger partial charge is 0.269 e. The minimum Gasteiger partial charge on any atom is -0.493 e. The molecular weight excluding hydrogens is 423 g/mol. The number of allylic oxidation sites excluding steroid dienone is 1. The van der Waals surface area contributed by atoms with E-state index in [-0.39, 0.29) is 16.3 Å². The van der Waals surface area contributed by atoms with Crippen molar-refractivity contribution >= 4 is 44.5 Å². The Morgan fingerprint density at radius 1 is 1.14 bits per heavy atom. The monoisotopic (exact) mass is 440 g/mol. The SMILES string of the molecule is COc1cc2c(cc1OC)N(C)S(=O)(=O)C(C(=O)Nc1ccc(F)c(Cl)c1)=C2C. The largest absolute Gasteiger partial charge is 0.493 e. The van der Waals surface area contributed by atoms with Crippen molar-refractivity contribution in [3.05, 3.63) is 51.6 Å². The summed E-state index contributed by atoms with van der Waals surface area (Å²) in [5.41, 5.74) is 1.26. The number of nitrogens with zero attached hydrogens (tertiary/aromatic N) is 1. The number of fused-ring (bicyclic) bond motifs is 1. The summed E-state index contributed by atoms with van der Waals surface area (Å²) >= 11 is 5.73. The Bertz CT molecular complexity index is 1150. The van der Waals surface area contributed by atoms with Crippen molar-refractivity contribution in [2.45, 2.75) is 6.92 Å². The van der Waals surface area contributed by atoms with E-state index in [9.17, 15) is 17.6 Å². The topological polar surface area (TPSA) is 84.9 Å². The first-order valence-corrected chi connectivity index (χ1v) is 10.2. The van der Waals surface area contributed by atoms with E-state index in [1.165, 1.54) is 46.4 Å². The summed E-state index contributed by atoms with van der Waals surface area (Å²) in [7, 11) is 0.0906. The summed E-state index contributed by atoms with van der Waals surface area (Å²) < 4.78 is 51.0. The molecule has 0 aliphatic carbocycles. The summed E-state index contributed by atoms with van der Waals surface area (Å²) in [6, 6.07) is 6.70. The van der Waals surface area contributed by atoms with Gasteiger partial charge in [0.2, 0.25) is 0 Å². The number of sulfonamides is 1. The highest BCUT2D eigenvalue weighted by Crippen LogP contribution is 2.44. The predicted octanol–water partition coefficient (Wildman–Crippen LogP) is 3.65. The van der Waals surface area contributed by atoms with Gasteiger partial charge in [-0.05, 0) is 36.8 Å². The lowest BCUT2D eigenvalue weighted by Gasteiger charge is -2.30. The minimum absolute atomic E-state index is 0.165. The molecule has 0 saturated carbocycles. The molecule has 0 bridgehead atoms. The van der Waals surface area contributed by atoms with Crippen LogP contribution in [0, 0.1) is 5.82 Å². The molecule has 0 unspecified atom stereocenters. The Hall–Kier alpha value is -2.78. The Kier molecular flexibility index (Phi) is 5.46. The first-order chi connectivity index (χ1) is 13.6. The van der Waals surface area contributed by atoms with Gasteiger partial charge in [0, 0.05) is 24.4 Å². The van der Waals surface area contributed by atoms with Gasteiger partial charge in [0.25, 0.3) is 15.9 Å². The van der Waals surface area contributed by atoms with E-state index < -0.39 is 26.7 Å². The van der Waals surface area contributed by atoms with Crippen LogP contribution in [-0.4, -0.2) is 35.6 Å². The Balaban J connectivity index is 2.14. The maximum Gasteiger partial charge on any atom is 0.269 e. The summed E-state index contributed by atoms with van der Waals surface area (Å²) in [6.07, 6.45) is 0. The fourth-order valence-corrected chi connectivity index (χ4v) is 4.71. The van der Waals surface area contributed by atoms with Gasteiger partial charge in [0.05, 0.1) is 24.9 Å². The fraction of sp³-hybridized carbons (Fsp3) is 0.211. The molecule has 0 atom stereocenters. The lowest BCUT2D eigenvalue weighted by atomic mass is 10.0. The standard InChI is InChI=1S/C19H18ClFN2O5S/c1-10-12-8-16(27-3)17(28-4)9-15(12)23(2)29(25,26)18(10)19(24)22-11-5-6-14(21)13(20)7-11/h5-9H,1-4H3,(H,22,24). The lowest BCUT2D eigenvalue weighted by Crippen LogP contribution is -2.36. The normalized spacial score (nSPS) is 15.0. The minimum atomic E-state index is -4.15. The average molecular weight is 441 g/mol. The van der Waals surface area contributed by atoms with Gasteiger partial charge in [0.1, 0.15) is 5.82 Å². The molecule has 1 aliphatic rings. The molecule has 0 fully saturated rings. The third-order valence-corrected chi connectivity index (χ3v) is 6.80. The number of methoxy groups -OCH3 is 2. The molecular formula is C19H18ClFN2O5S. The molecule has 1 N–H and O–H groups in total. The highest BCUT2D eigenvalue weighted by atomic mass is 35.5. The summed E-state index contributed by atoms with van der Waals surface area (Å²) in [6.45, 7) is 1.53. The zero-order valence-electron chi connectivity index (χ0n) is 16.0. The molecule has 2 aromatic rings. The van der Waals surface area contributed by atoms with Crippen molar-refractivity contribution in [2.24, 2.45) is 0 Å². The van der Waals surface area contributed by atoms with Gasteiger partial charge in [-0.25, -0.2) is 12.8 Å². The quantitative estimate of drug-likeness (QED) is 0.784. The van der Waals surface area contributed by atoms with Crippen molar-refractivity contribution in [1.82, 2.24) is 0 Å². The van der Waals surface area contributed by atoms with Gasteiger partial charge in [-0.15, -0.1) is 0 Å². The van der Waals surface area contributed by atoms with E-state index in [0.29, 0.717) is 22.7 Å². The van der Waals surface area contributed by atoms with Crippen molar-refractivity contribution in [1.29, 1.82) is 0 Å². The number of anilines is 2. The number of hydrogen-bond acceptors (Lipinski definition) is 5. The number of rotatable bonds is 4. The van der Waals surface area contributed by atoms with Crippen molar-refractivity contribution < 1.29 is 27.1 Å². The van der Waals surface area contributed by atoms with Gasteiger partial charge in [-0.1, -0.05) is 11.6 Å². The molecule has 1 amide bonds. The number of halogens is 2. The first kappa shape index (κ1) is 20.9. The Morgan fingerprint density at radius 2 is 1.76 bits per heavy atom. The van der Waals surface area contributed by atoms with E-state index in [1.54, 1.807) is 6.07 Å². The highest BCUT2D eigenvalue weighted by molar-refractivity contribution is 7.97. The summed E-state index contributed by atoms with van der Waals surface area (Å²) in [5, 5.41) is 2.26. The van der Waals surface area contributed by atoms with Crippen LogP contribution >= 0.6 is 11.6 Å². The second kappa shape index (κ2) is 7.57. The lowest BCUT2D eigenvalue weighted by molar-refractivity contribution is -0.112. The van der Waals surface area contributed by atoms with Gasteiger partial charge < -0.3 is 14.8 Å². The van der Waals surface area contributed by atoms with E-state index in [4.69, 9.17) is 21.1 Å². The van der Waals surface area contributed by atoms with E-state index in [2.05, 4.69) is 5.32 Å². The molecule has 0 saturated heterocycles. The number of ether oxygens (including phenoxy) is 2. The maximum absolute atomic E-state index is 13.3. The number of benzene rings is 2. The van der Waals surface area contributed by atoms with Gasteiger partial charge in [0.15, 0.2) is 16.4 Å². The third kappa shape index (κ3) is 3.51. The zero-order chi connectivity index (χ0) is 21.5. The average Bonchev–Trinajstić information content (AvgIpc) is 2.68. The number of carbonyl (C=O) groups excluding carboxylic acids is 1. The molecule has 1 heterocycles. The molecule has 1 aliphatic heterocycles. The summed E-state index contributed by atoms with van der Waals surface area (Å²) in [4.78, 5) is 12.4. The van der Waals surface area contributed by atoms with Crippen LogP contribution < -0.4 is 19.1 Å². The van der Waals surface area contributed by atoms with E-state index in [1.807, 2.05) is 0 Å². The van der Waals surface area contributed by atoms with Crippen molar-refractivity contribution in [2.75, 3.05) is 30.9 Å². The van der Waals surface area contributed by atoms with Crippen molar-refractivity contribution in [3.63, 3.8) is 0 Å². The van der Waals surface area contributed by atoms with Crippen molar-refractivity contribution in [3.8, 4) is 11.5 Å². The van der Waals surface area contributed by atoms with Crippen LogP contribution in [0.15, 0.2) is 35.2 Å². The highest BCUT2D eigenvalue weighted by Gasteiger charge is 2.38. The molecule has 0 spiro atoms. The number of carbonyl (C=O) groups is 1. The fourth-order valence-electron chi connectivity index (χ4n) is 3.06. The van der Waals surface area contributed by atoms with Gasteiger partial charge >= 0.3 is 0 Å². The molecule has 7 nitrogen and oxygen atoms in total. The molecule has 3 rings (SSSR count). The zero-order valence-corrected chi connectivity index (χ0v) is 17.6. The molecule has 2 aromatic carbocycles. The predicted molar refractivity (Wildman–Crippen MR) is 110 cm³/mol. The van der Waals surface area contributed by atoms with Gasteiger partial charge in [-0.3, -0.25) is 9.10 Å². The van der Waals surface area contributed by atoms with Crippen LogP contribution in [0.25, 0.3) is 5.57 Å². The molecule has 0 radical (unpaired) electrons. The van der Waals surface area contributed by atoms with Gasteiger partial charge in [-0.2, -0.15) is 0 Å². The Labute approximate surface area is 172 Å². The second-order valence-electron chi connectivity index (χ2n) is 6.23. The van der Waals surface area contributed by atoms with Crippen LogP contribution in [0.1, 0.15) is 12.5 Å². The van der Waals surface area contributed by atoms with E-state index >= 15 is 0 Å². The molecule has 154 valence electrons. The molecule has 29 heavy (non-hydrogen) atoms. The van der Waals surface area contributed by atoms with Crippen LogP contribution in [0.3, 0.4) is 0 Å². The number of nitrogens with one attached hydrogen (secondary N) is 1. The molecule has 0 aromatic heterocycles. The number of amides is 1. The van der Waals surface area contributed by atoms with E-state index in [0.717, 1.165) is 10.4 Å². The van der Waals surface area contributed by atoms with Crippen LogP contribution in [-0.2, 0) is 14.8 Å². The van der Waals surface area contributed by atoms with Crippen LogP contribution in [0.2, 0.25) is 5.02 Å². The second-order valence-corrected chi connectivity index (χ2v) is 8.55.